The maximum Gasteiger partial charge on any atom is 0.164 e. The molecule has 3 heterocycles. The van der Waals surface area contributed by atoms with E-state index in [2.05, 4.69) is 78.9 Å². The van der Waals surface area contributed by atoms with Crippen molar-refractivity contribution in [3.8, 4) is 56.4 Å². The molecule has 0 amide bonds. The zero-order chi connectivity index (χ0) is 33.0. The van der Waals surface area contributed by atoms with Crippen LogP contribution in [0.15, 0.2) is 173 Å². The summed E-state index contributed by atoms with van der Waals surface area (Å²) in [6.45, 7) is 0. The van der Waals surface area contributed by atoms with Crippen LogP contribution >= 0.6 is 0 Å². The molecular weight excluding hydrogens is 615 g/mol. The fourth-order valence-electron chi connectivity index (χ4n) is 6.93. The number of nitrogens with zero attached hydrogens (tertiary/aromatic N) is 3. The van der Waals surface area contributed by atoms with Crippen LogP contribution in [-0.4, -0.2) is 15.0 Å². The summed E-state index contributed by atoms with van der Waals surface area (Å²) in [5.74, 6) is 1.87. The molecule has 0 fully saturated rings. The monoisotopic (exact) mass is 641 g/mol. The van der Waals surface area contributed by atoms with Crippen LogP contribution in [0.3, 0.4) is 0 Å². The second kappa shape index (κ2) is 11.4. The number of para-hydroxylation sites is 2. The lowest BCUT2D eigenvalue weighted by atomic mass is 9.99. The Balaban J connectivity index is 1.08. The van der Waals surface area contributed by atoms with Gasteiger partial charge in [0.15, 0.2) is 17.5 Å². The predicted molar refractivity (Wildman–Crippen MR) is 202 cm³/mol. The molecule has 0 atom stereocenters. The van der Waals surface area contributed by atoms with Crippen LogP contribution in [0.2, 0.25) is 0 Å². The highest BCUT2D eigenvalue weighted by Gasteiger charge is 2.18. The fraction of sp³-hybridized carbons (Fsp3) is 0. The molecule has 50 heavy (non-hydrogen) atoms. The highest BCUT2D eigenvalue weighted by atomic mass is 16.3. The minimum Gasteiger partial charge on any atom is -0.456 e. The molecule has 10 aromatic rings. The van der Waals surface area contributed by atoms with Gasteiger partial charge in [-0.3, -0.25) is 0 Å². The average Bonchev–Trinajstić information content (AvgIpc) is 3.75. The van der Waals surface area contributed by atoms with E-state index in [9.17, 15) is 0 Å². The Bertz CT molecular complexity index is 2850. The molecule has 0 aliphatic carbocycles. The summed E-state index contributed by atoms with van der Waals surface area (Å²) in [5.41, 5.74) is 10.4. The van der Waals surface area contributed by atoms with Crippen LogP contribution < -0.4 is 0 Å². The van der Waals surface area contributed by atoms with Gasteiger partial charge in [-0.1, -0.05) is 146 Å². The summed E-state index contributed by atoms with van der Waals surface area (Å²) in [5, 5.41) is 4.33. The summed E-state index contributed by atoms with van der Waals surface area (Å²) >= 11 is 0. The van der Waals surface area contributed by atoms with E-state index in [4.69, 9.17) is 23.8 Å². The van der Waals surface area contributed by atoms with Crippen molar-refractivity contribution >= 4 is 43.9 Å². The molecule has 0 aliphatic rings. The number of hydrogen-bond acceptors (Lipinski definition) is 5. The molecule has 0 radical (unpaired) electrons. The third-order valence-electron chi connectivity index (χ3n) is 9.37. The number of furan rings is 2. The number of rotatable bonds is 5. The van der Waals surface area contributed by atoms with Gasteiger partial charge < -0.3 is 8.83 Å². The maximum atomic E-state index is 6.54. The van der Waals surface area contributed by atoms with Gasteiger partial charge in [0.1, 0.15) is 22.3 Å². The molecule has 5 heteroatoms. The summed E-state index contributed by atoms with van der Waals surface area (Å²) in [6.07, 6.45) is 0. The van der Waals surface area contributed by atoms with Crippen molar-refractivity contribution in [1.82, 2.24) is 15.0 Å². The molecule has 3 aromatic heterocycles. The number of fused-ring (bicyclic) bond motifs is 6. The molecule has 5 nitrogen and oxygen atoms in total. The van der Waals surface area contributed by atoms with Crippen LogP contribution in [0.4, 0.5) is 0 Å². The van der Waals surface area contributed by atoms with E-state index >= 15 is 0 Å². The number of hydrogen-bond donors (Lipinski definition) is 0. The van der Waals surface area contributed by atoms with Crippen LogP contribution in [0, 0.1) is 0 Å². The lowest BCUT2D eigenvalue weighted by molar-refractivity contribution is 0.656. The van der Waals surface area contributed by atoms with E-state index in [1.165, 1.54) is 0 Å². The summed E-state index contributed by atoms with van der Waals surface area (Å²) in [7, 11) is 0. The first-order valence-electron chi connectivity index (χ1n) is 16.6. The first-order chi connectivity index (χ1) is 24.8. The molecule has 0 N–H and O–H groups in total. The van der Waals surface area contributed by atoms with Crippen molar-refractivity contribution in [3.05, 3.63) is 164 Å². The van der Waals surface area contributed by atoms with Crippen molar-refractivity contribution in [3.63, 3.8) is 0 Å². The molecule has 0 saturated carbocycles. The van der Waals surface area contributed by atoms with E-state index in [0.717, 1.165) is 82.8 Å². The molecule has 0 bridgehead atoms. The van der Waals surface area contributed by atoms with Gasteiger partial charge in [-0.2, -0.15) is 0 Å². The van der Waals surface area contributed by atoms with Gasteiger partial charge in [0.05, 0.1) is 0 Å². The van der Waals surface area contributed by atoms with Gasteiger partial charge in [0.2, 0.25) is 0 Å². The summed E-state index contributed by atoms with van der Waals surface area (Å²) in [6, 6.07) is 55.7. The SMILES string of the molecule is c1ccc(-c2nc(-c3ccc(-c4cccc5c4oc4cc6oc7ccccc7c6cc45)cc3)nc(-c3ccccc3-c3ccccc3)n2)cc1. The van der Waals surface area contributed by atoms with E-state index in [0.29, 0.717) is 17.5 Å². The van der Waals surface area contributed by atoms with Crippen molar-refractivity contribution in [2.75, 3.05) is 0 Å². The van der Waals surface area contributed by atoms with E-state index in [1.807, 2.05) is 84.9 Å². The van der Waals surface area contributed by atoms with Gasteiger partial charge in [0, 0.05) is 49.9 Å². The maximum absolute atomic E-state index is 6.54. The predicted octanol–water partition coefficient (Wildman–Crippen LogP) is 12.0. The molecule has 0 saturated heterocycles. The van der Waals surface area contributed by atoms with Crippen LogP contribution in [-0.2, 0) is 0 Å². The zero-order valence-corrected chi connectivity index (χ0v) is 26.7. The molecule has 0 unspecified atom stereocenters. The van der Waals surface area contributed by atoms with E-state index < -0.39 is 0 Å². The Kier molecular flexibility index (Phi) is 6.42. The third kappa shape index (κ3) is 4.67. The first kappa shape index (κ1) is 28.2. The molecule has 7 aromatic carbocycles. The summed E-state index contributed by atoms with van der Waals surface area (Å²) in [4.78, 5) is 15.0. The number of aromatic nitrogens is 3. The van der Waals surface area contributed by atoms with Crippen molar-refractivity contribution in [2.24, 2.45) is 0 Å². The molecule has 0 aliphatic heterocycles. The van der Waals surface area contributed by atoms with Crippen molar-refractivity contribution < 1.29 is 8.83 Å². The fourth-order valence-corrected chi connectivity index (χ4v) is 6.93. The third-order valence-corrected chi connectivity index (χ3v) is 9.37. The average molecular weight is 642 g/mol. The van der Waals surface area contributed by atoms with Gasteiger partial charge >= 0.3 is 0 Å². The number of benzene rings is 7. The Morgan fingerprint density at radius 2 is 0.820 bits per heavy atom. The largest absolute Gasteiger partial charge is 0.456 e. The van der Waals surface area contributed by atoms with Crippen molar-refractivity contribution in [2.45, 2.75) is 0 Å². The second-order valence-electron chi connectivity index (χ2n) is 12.4. The standard InChI is InChI=1S/C45H27N3O2/c1-3-12-28(13-4-1)32-16-7-8-18-36(32)45-47-43(30-14-5-2-6-15-30)46-44(48-45)31-24-22-29(23-25-31)33-19-11-20-35-38-26-37-34-17-9-10-21-39(34)49-40(37)27-41(38)50-42(33)35/h1-27H. The smallest absolute Gasteiger partial charge is 0.164 e. The van der Waals surface area contributed by atoms with Gasteiger partial charge in [-0.15, -0.1) is 0 Å². The van der Waals surface area contributed by atoms with Gasteiger partial charge in [-0.05, 0) is 28.8 Å². The quantitative estimate of drug-likeness (QED) is 0.187. The second-order valence-corrected chi connectivity index (χ2v) is 12.4. The Morgan fingerprint density at radius 1 is 0.300 bits per heavy atom. The molecular formula is C45H27N3O2. The summed E-state index contributed by atoms with van der Waals surface area (Å²) < 4.78 is 12.7. The highest BCUT2D eigenvalue weighted by Crippen LogP contribution is 2.40. The van der Waals surface area contributed by atoms with Crippen LogP contribution in [0.1, 0.15) is 0 Å². The molecule has 0 spiro atoms. The van der Waals surface area contributed by atoms with E-state index in [-0.39, 0.29) is 0 Å². The minimum absolute atomic E-state index is 0.611. The lowest BCUT2D eigenvalue weighted by Crippen LogP contribution is -2.01. The van der Waals surface area contributed by atoms with Gasteiger partial charge in [-0.25, -0.2) is 15.0 Å². The Hall–Kier alpha value is -6.85. The Labute approximate surface area is 287 Å². The molecule has 234 valence electrons. The normalized spacial score (nSPS) is 11.6. The highest BCUT2D eigenvalue weighted by molar-refractivity contribution is 6.16. The topological polar surface area (TPSA) is 65.0 Å². The van der Waals surface area contributed by atoms with E-state index in [1.54, 1.807) is 0 Å². The van der Waals surface area contributed by atoms with Gasteiger partial charge in [0.25, 0.3) is 0 Å². The first-order valence-corrected chi connectivity index (χ1v) is 16.6. The lowest BCUT2D eigenvalue weighted by Gasteiger charge is -2.12. The van der Waals surface area contributed by atoms with Crippen LogP contribution in [0.25, 0.3) is 100 Å². The zero-order valence-electron chi connectivity index (χ0n) is 26.7. The molecule has 10 rings (SSSR count). The van der Waals surface area contributed by atoms with Crippen molar-refractivity contribution in [1.29, 1.82) is 0 Å². The van der Waals surface area contributed by atoms with Crippen LogP contribution in [0.5, 0.6) is 0 Å². The Morgan fingerprint density at radius 3 is 1.60 bits per heavy atom. The minimum atomic E-state index is 0.611.